The van der Waals surface area contributed by atoms with Gasteiger partial charge in [0, 0.05) is 32.7 Å². The number of hydrogen-bond donors (Lipinski definition) is 0. The first-order valence-electron chi connectivity index (χ1n) is 13.1. The van der Waals surface area contributed by atoms with Crippen LogP contribution < -0.4 is 4.74 Å². The predicted molar refractivity (Wildman–Crippen MR) is 140 cm³/mol. The highest BCUT2D eigenvalue weighted by atomic mass is 16.5. The zero-order valence-corrected chi connectivity index (χ0v) is 21.1. The van der Waals surface area contributed by atoms with Crippen LogP contribution in [0.1, 0.15) is 52.0 Å². The zero-order valence-electron chi connectivity index (χ0n) is 21.1. The Hall–Kier alpha value is -2.30. The number of ether oxygens (including phenoxy) is 2. The largest absolute Gasteiger partial charge is 0.490 e. The maximum Gasteiger partial charge on any atom is 0.171 e. The van der Waals surface area contributed by atoms with Gasteiger partial charge in [0.1, 0.15) is 5.75 Å². The summed E-state index contributed by atoms with van der Waals surface area (Å²) in [5.74, 6) is 1.84. The fraction of sp³-hybridized carbons (Fsp3) is 0.533. The van der Waals surface area contributed by atoms with Crippen LogP contribution in [0.15, 0.2) is 60.9 Å². The Kier molecular flexibility index (Phi) is 6.99. The van der Waals surface area contributed by atoms with Gasteiger partial charge in [0.25, 0.3) is 0 Å². The van der Waals surface area contributed by atoms with E-state index >= 15 is 0 Å². The summed E-state index contributed by atoms with van der Waals surface area (Å²) in [5, 5.41) is 2.57. The van der Waals surface area contributed by atoms with Crippen LogP contribution in [0.2, 0.25) is 0 Å². The van der Waals surface area contributed by atoms with Gasteiger partial charge in [-0.15, -0.1) is 0 Å². The summed E-state index contributed by atoms with van der Waals surface area (Å²) >= 11 is 0. The summed E-state index contributed by atoms with van der Waals surface area (Å²) in [7, 11) is 0. The Morgan fingerprint density at radius 3 is 2.32 bits per heavy atom. The molecule has 0 N–H and O–H groups in total. The minimum Gasteiger partial charge on any atom is -0.490 e. The molecule has 2 heterocycles. The highest BCUT2D eigenvalue weighted by Crippen LogP contribution is 2.39. The molecule has 0 aromatic heterocycles. The third kappa shape index (κ3) is 5.67. The molecule has 0 radical (unpaired) electrons. The lowest BCUT2D eigenvalue weighted by atomic mass is 9.72. The number of allylic oxidation sites excluding steroid dienone is 2. The van der Waals surface area contributed by atoms with E-state index in [1.54, 1.807) is 6.26 Å². The fourth-order valence-electron chi connectivity index (χ4n) is 5.70. The van der Waals surface area contributed by atoms with Crippen molar-refractivity contribution in [2.24, 2.45) is 11.3 Å². The first-order chi connectivity index (χ1) is 16.4. The van der Waals surface area contributed by atoms with E-state index in [9.17, 15) is 0 Å². The Morgan fingerprint density at radius 1 is 0.882 bits per heavy atom. The van der Waals surface area contributed by atoms with Crippen LogP contribution in [0.3, 0.4) is 0 Å². The van der Waals surface area contributed by atoms with E-state index in [1.807, 2.05) is 6.08 Å². The van der Waals surface area contributed by atoms with Gasteiger partial charge in [-0.25, -0.2) is 0 Å². The van der Waals surface area contributed by atoms with E-state index in [0.29, 0.717) is 11.5 Å². The van der Waals surface area contributed by atoms with Gasteiger partial charge in [0.2, 0.25) is 0 Å². The summed E-state index contributed by atoms with van der Waals surface area (Å²) in [6.45, 7) is 12.3. The second-order valence-corrected chi connectivity index (χ2v) is 11.4. The van der Waals surface area contributed by atoms with Crippen molar-refractivity contribution in [1.82, 2.24) is 9.80 Å². The van der Waals surface area contributed by atoms with Crippen molar-refractivity contribution >= 4 is 10.8 Å². The number of hydrogen-bond acceptors (Lipinski definition) is 4. The first kappa shape index (κ1) is 23.4. The predicted octanol–water partition coefficient (Wildman–Crippen LogP) is 6.37. The zero-order chi connectivity index (χ0) is 23.5. The Balaban J connectivity index is 1.14. The first-order valence-corrected chi connectivity index (χ1v) is 13.1. The molecule has 1 unspecified atom stereocenters. The van der Waals surface area contributed by atoms with Crippen molar-refractivity contribution in [1.29, 1.82) is 0 Å². The molecule has 1 saturated heterocycles. The van der Waals surface area contributed by atoms with Crippen LogP contribution in [0.5, 0.6) is 5.75 Å². The molecular weight excluding hydrogens is 420 g/mol. The maximum absolute atomic E-state index is 6.40. The van der Waals surface area contributed by atoms with Gasteiger partial charge >= 0.3 is 0 Å². The topological polar surface area (TPSA) is 24.9 Å². The normalized spacial score (nSPS) is 26.5. The van der Waals surface area contributed by atoms with Crippen molar-refractivity contribution in [2.45, 2.75) is 65.3 Å². The van der Waals surface area contributed by atoms with E-state index in [2.05, 4.69) is 79.1 Å². The number of fused-ring (bicyclic) bond motifs is 1. The lowest BCUT2D eigenvalue weighted by molar-refractivity contribution is -0.00738. The van der Waals surface area contributed by atoms with E-state index in [-0.39, 0.29) is 6.23 Å². The van der Waals surface area contributed by atoms with Gasteiger partial charge < -0.3 is 9.47 Å². The Labute approximate surface area is 205 Å². The van der Waals surface area contributed by atoms with E-state index in [0.717, 1.165) is 44.4 Å². The molecule has 3 aliphatic rings. The van der Waals surface area contributed by atoms with Crippen molar-refractivity contribution in [3.63, 3.8) is 0 Å². The van der Waals surface area contributed by atoms with Crippen molar-refractivity contribution in [2.75, 3.05) is 26.2 Å². The molecule has 0 spiro atoms. The third-order valence-electron chi connectivity index (χ3n) is 7.93. The lowest BCUT2D eigenvalue weighted by Gasteiger charge is -2.38. The summed E-state index contributed by atoms with van der Waals surface area (Å²) in [6.07, 6.45) is 13.3. The minimum atomic E-state index is 0.0951. The quantitative estimate of drug-likeness (QED) is 0.518. The smallest absolute Gasteiger partial charge is 0.171 e. The average molecular weight is 461 g/mol. The molecule has 1 aliphatic carbocycles. The van der Waals surface area contributed by atoms with Gasteiger partial charge in [-0.05, 0) is 83.7 Å². The average Bonchev–Trinajstić information content (AvgIpc) is 2.85. The van der Waals surface area contributed by atoms with E-state index in [1.165, 1.54) is 42.0 Å². The molecular formula is C30H40N2O2. The highest BCUT2D eigenvalue weighted by molar-refractivity contribution is 5.84. The molecule has 1 saturated carbocycles. The summed E-state index contributed by atoms with van der Waals surface area (Å²) < 4.78 is 12.1. The summed E-state index contributed by atoms with van der Waals surface area (Å²) in [6, 6.07) is 13.5. The van der Waals surface area contributed by atoms with Crippen LogP contribution in [-0.4, -0.2) is 48.3 Å². The van der Waals surface area contributed by atoms with E-state index in [4.69, 9.17) is 9.47 Å². The molecule has 182 valence electrons. The molecule has 2 fully saturated rings. The fourth-order valence-corrected chi connectivity index (χ4v) is 5.70. The van der Waals surface area contributed by atoms with Crippen LogP contribution >= 0.6 is 0 Å². The van der Waals surface area contributed by atoms with Crippen LogP contribution in [0.25, 0.3) is 10.8 Å². The lowest BCUT2D eigenvalue weighted by Crippen LogP contribution is -2.50. The second-order valence-electron chi connectivity index (χ2n) is 11.4. The molecule has 2 aromatic rings. The Bertz CT molecular complexity index is 1020. The SMILES string of the molecule is CC(C)(C)C1CCC(Oc2ccc3cc(CN4CCN(C5C=CC=CO5)CC4)ccc3c2)CC1. The standard InChI is InChI=1S/C30H40N2O2/c1-30(2,3)26-10-13-27(14-11-26)34-28-12-9-24-20-23(7-8-25(24)21-28)22-31-15-17-32(18-16-31)29-6-4-5-19-33-29/h4-9,12,19-21,26-27,29H,10-11,13-18,22H2,1-3H3. The van der Waals surface area contributed by atoms with Gasteiger partial charge in [-0.1, -0.05) is 45.0 Å². The third-order valence-corrected chi connectivity index (χ3v) is 7.93. The van der Waals surface area contributed by atoms with E-state index < -0.39 is 0 Å². The highest BCUT2D eigenvalue weighted by Gasteiger charge is 2.30. The number of nitrogens with zero attached hydrogens (tertiary/aromatic N) is 2. The van der Waals surface area contributed by atoms with Crippen LogP contribution in [-0.2, 0) is 11.3 Å². The second kappa shape index (κ2) is 10.1. The van der Waals surface area contributed by atoms with Crippen molar-refractivity contribution in [3.05, 3.63) is 66.5 Å². The molecule has 1 atom stereocenters. The minimum absolute atomic E-state index is 0.0951. The molecule has 0 amide bonds. The molecule has 4 nitrogen and oxygen atoms in total. The van der Waals surface area contributed by atoms with Gasteiger partial charge in [0.15, 0.2) is 6.23 Å². The molecule has 34 heavy (non-hydrogen) atoms. The Morgan fingerprint density at radius 2 is 1.62 bits per heavy atom. The molecule has 5 rings (SSSR count). The summed E-state index contributed by atoms with van der Waals surface area (Å²) in [4.78, 5) is 4.96. The number of piperazine rings is 1. The maximum atomic E-state index is 6.40. The number of rotatable bonds is 5. The monoisotopic (exact) mass is 460 g/mol. The molecule has 4 heteroatoms. The van der Waals surface area contributed by atoms with Gasteiger partial charge in [0.05, 0.1) is 12.4 Å². The van der Waals surface area contributed by atoms with Crippen LogP contribution in [0.4, 0.5) is 0 Å². The van der Waals surface area contributed by atoms with Gasteiger partial charge in [-0.2, -0.15) is 0 Å². The molecule has 2 aromatic carbocycles. The number of benzene rings is 2. The van der Waals surface area contributed by atoms with Crippen molar-refractivity contribution < 1.29 is 9.47 Å². The van der Waals surface area contributed by atoms with Gasteiger partial charge in [-0.3, -0.25) is 9.80 Å². The molecule has 2 aliphatic heterocycles. The summed E-state index contributed by atoms with van der Waals surface area (Å²) in [5.41, 5.74) is 1.80. The van der Waals surface area contributed by atoms with Crippen LogP contribution in [0, 0.1) is 11.3 Å². The molecule has 0 bridgehead atoms. The van der Waals surface area contributed by atoms with Crippen molar-refractivity contribution in [3.8, 4) is 5.75 Å².